The van der Waals surface area contributed by atoms with Gasteiger partial charge in [-0.2, -0.15) is 5.10 Å². The number of fused-ring (bicyclic) bond motifs is 1. The summed E-state index contributed by atoms with van der Waals surface area (Å²) in [4.78, 5) is 14.8. The van der Waals surface area contributed by atoms with E-state index in [0.29, 0.717) is 11.3 Å². The summed E-state index contributed by atoms with van der Waals surface area (Å²) in [6.45, 7) is 6.48. The first kappa shape index (κ1) is 23.5. The monoisotopic (exact) mass is 480 g/mol. The van der Waals surface area contributed by atoms with Crippen LogP contribution in [-0.2, 0) is 19.5 Å². The highest BCUT2D eigenvalue weighted by atomic mass is 19.3. The first-order valence-electron chi connectivity index (χ1n) is 12.0. The van der Waals surface area contributed by atoms with Gasteiger partial charge < -0.3 is 10.1 Å². The van der Waals surface area contributed by atoms with Crippen LogP contribution in [0.1, 0.15) is 57.7 Å². The van der Waals surface area contributed by atoms with Gasteiger partial charge in [0.25, 0.3) is 11.8 Å². The minimum atomic E-state index is -2.54. The zero-order valence-electron chi connectivity index (χ0n) is 20.0. The summed E-state index contributed by atoms with van der Waals surface area (Å²) in [6, 6.07) is 14.2. The van der Waals surface area contributed by atoms with Gasteiger partial charge in [0, 0.05) is 31.7 Å². The fourth-order valence-corrected chi connectivity index (χ4v) is 4.57. The molecule has 1 fully saturated rings. The number of hydrogen-bond acceptors (Lipinski definition) is 4. The van der Waals surface area contributed by atoms with Crippen LogP contribution in [0.3, 0.4) is 0 Å². The Labute approximate surface area is 203 Å². The topological polar surface area (TPSA) is 70.2 Å². The maximum atomic E-state index is 13.1. The SMILES string of the molecule is Cc1[nH]ncc1C(=O)N[C@@H](C)c1ccc(CN2CCc3cc(OCC4CC4(F)F)ccc3C2)cc1. The molecule has 2 atom stereocenters. The Morgan fingerprint density at radius 2 is 2.03 bits per heavy atom. The Balaban J connectivity index is 1.13. The minimum Gasteiger partial charge on any atom is -0.493 e. The van der Waals surface area contributed by atoms with E-state index in [1.54, 1.807) is 6.20 Å². The number of nitrogens with zero attached hydrogens (tertiary/aromatic N) is 2. The van der Waals surface area contributed by atoms with Gasteiger partial charge in [-0.1, -0.05) is 30.3 Å². The number of alkyl halides is 2. The second kappa shape index (κ2) is 9.41. The van der Waals surface area contributed by atoms with E-state index in [9.17, 15) is 13.6 Å². The number of carbonyl (C=O) groups excluding carboxylic acids is 1. The van der Waals surface area contributed by atoms with Crippen LogP contribution in [0.5, 0.6) is 5.75 Å². The van der Waals surface area contributed by atoms with Crippen molar-refractivity contribution in [1.29, 1.82) is 0 Å². The number of halogens is 2. The smallest absolute Gasteiger partial charge is 0.255 e. The third kappa shape index (κ3) is 5.37. The predicted molar refractivity (Wildman–Crippen MR) is 128 cm³/mol. The quantitative estimate of drug-likeness (QED) is 0.486. The van der Waals surface area contributed by atoms with E-state index < -0.39 is 11.8 Å². The molecule has 1 aliphatic heterocycles. The third-order valence-electron chi connectivity index (χ3n) is 6.98. The van der Waals surface area contributed by atoms with E-state index in [2.05, 4.69) is 50.7 Å². The van der Waals surface area contributed by atoms with Gasteiger partial charge in [-0.25, -0.2) is 8.78 Å². The highest BCUT2D eigenvalue weighted by Crippen LogP contribution is 2.48. The maximum Gasteiger partial charge on any atom is 0.255 e. The van der Waals surface area contributed by atoms with E-state index in [0.717, 1.165) is 37.3 Å². The molecule has 1 aliphatic carbocycles. The molecule has 1 amide bonds. The summed E-state index contributed by atoms with van der Waals surface area (Å²) in [6.07, 6.45) is 2.38. The summed E-state index contributed by atoms with van der Waals surface area (Å²) in [5, 5.41) is 9.72. The van der Waals surface area contributed by atoms with E-state index in [-0.39, 0.29) is 25.0 Å². The number of benzene rings is 2. The molecule has 8 heteroatoms. The molecule has 184 valence electrons. The molecule has 1 aromatic heterocycles. The van der Waals surface area contributed by atoms with Crippen molar-refractivity contribution >= 4 is 5.91 Å². The summed E-state index contributed by atoms with van der Waals surface area (Å²) in [7, 11) is 0. The van der Waals surface area contributed by atoms with Crippen molar-refractivity contribution in [2.24, 2.45) is 5.92 Å². The molecule has 0 radical (unpaired) electrons. The summed E-state index contributed by atoms with van der Waals surface area (Å²) < 4.78 is 31.7. The van der Waals surface area contributed by atoms with Crippen LogP contribution >= 0.6 is 0 Å². The number of aromatic amines is 1. The molecule has 2 N–H and O–H groups in total. The lowest BCUT2D eigenvalue weighted by molar-refractivity contribution is 0.0855. The molecule has 0 spiro atoms. The van der Waals surface area contributed by atoms with Crippen LogP contribution in [0.4, 0.5) is 8.78 Å². The number of aryl methyl sites for hydroxylation is 1. The van der Waals surface area contributed by atoms with Gasteiger partial charge in [-0.05, 0) is 54.7 Å². The number of carbonyl (C=O) groups is 1. The molecular formula is C27H30F2N4O2. The number of nitrogens with one attached hydrogen (secondary N) is 2. The second-order valence-corrected chi connectivity index (χ2v) is 9.71. The van der Waals surface area contributed by atoms with Crippen molar-refractivity contribution in [3.63, 3.8) is 0 Å². The summed E-state index contributed by atoms with van der Waals surface area (Å²) in [5.41, 5.74) is 6.05. The van der Waals surface area contributed by atoms with E-state index in [1.807, 2.05) is 26.0 Å². The average Bonchev–Trinajstić information content (AvgIpc) is 3.22. The molecule has 2 aromatic carbocycles. The van der Waals surface area contributed by atoms with Gasteiger partial charge in [0.2, 0.25) is 0 Å². The Hall–Kier alpha value is -3.26. The predicted octanol–water partition coefficient (Wildman–Crippen LogP) is 4.80. The van der Waals surface area contributed by atoms with E-state index in [1.165, 1.54) is 16.7 Å². The minimum absolute atomic E-state index is 0.0631. The molecule has 3 aromatic rings. The Morgan fingerprint density at radius 3 is 2.71 bits per heavy atom. The van der Waals surface area contributed by atoms with Crippen molar-refractivity contribution in [3.05, 3.63) is 82.2 Å². The zero-order chi connectivity index (χ0) is 24.6. The number of H-pyrrole nitrogens is 1. The van der Waals surface area contributed by atoms with Crippen LogP contribution in [0, 0.1) is 12.8 Å². The number of ether oxygens (including phenoxy) is 1. The van der Waals surface area contributed by atoms with Crippen molar-refractivity contribution in [1.82, 2.24) is 20.4 Å². The van der Waals surface area contributed by atoms with Crippen LogP contribution < -0.4 is 10.1 Å². The lowest BCUT2D eigenvalue weighted by Crippen LogP contribution is -2.30. The molecule has 1 unspecified atom stereocenters. The fraction of sp³-hybridized carbons (Fsp3) is 0.407. The average molecular weight is 481 g/mol. The Morgan fingerprint density at radius 1 is 1.26 bits per heavy atom. The summed E-state index contributed by atoms with van der Waals surface area (Å²) in [5.74, 6) is -2.64. The molecule has 5 rings (SSSR count). The Kier molecular flexibility index (Phi) is 6.32. The van der Waals surface area contributed by atoms with Crippen molar-refractivity contribution in [3.8, 4) is 5.75 Å². The molecular weight excluding hydrogens is 450 g/mol. The van der Waals surface area contributed by atoms with Crippen molar-refractivity contribution in [2.45, 2.75) is 51.7 Å². The van der Waals surface area contributed by atoms with Gasteiger partial charge in [0.1, 0.15) is 5.75 Å². The number of aromatic nitrogens is 2. The third-order valence-corrected chi connectivity index (χ3v) is 6.98. The van der Waals surface area contributed by atoms with E-state index >= 15 is 0 Å². The Bertz CT molecular complexity index is 1210. The summed E-state index contributed by atoms with van der Waals surface area (Å²) >= 11 is 0. The lowest BCUT2D eigenvalue weighted by atomic mass is 9.98. The molecule has 35 heavy (non-hydrogen) atoms. The normalized spacial score (nSPS) is 19.6. The highest BCUT2D eigenvalue weighted by molar-refractivity contribution is 5.95. The largest absolute Gasteiger partial charge is 0.493 e. The van der Waals surface area contributed by atoms with E-state index in [4.69, 9.17) is 4.74 Å². The van der Waals surface area contributed by atoms with Gasteiger partial charge in [0.15, 0.2) is 0 Å². The first-order valence-corrected chi connectivity index (χ1v) is 12.0. The molecule has 2 heterocycles. The maximum absolute atomic E-state index is 13.1. The van der Waals surface area contributed by atoms with Crippen molar-refractivity contribution < 1.29 is 18.3 Å². The molecule has 6 nitrogen and oxygen atoms in total. The number of amides is 1. The van der Waals surface area contributed by atoms with Crippen LogP contribution in [-0.4, -0.2) is 40.1 Å². The van der Waals surface area contributed by atoms with Gasteiger partial charge >= 0.3 is 0 Å². The van der Waals surface area contributed by atoms with Gasteiger partial charge in [-0.3, -0.25) is 14.8 Å². The van der Waals surface area contributed by atoms with Gasteiger partial charge in [-0.15, -0.1) is 0 Å². The zero-order valence-corrected chi connectivity index (χ0v) is 20.0. The van der Waals surface area contributed by atoms with Crippen LogP contribution in [0.2, 0.25) is 0 Å². The molecule has 1 saturated carbocycles. The molecule has 0 saturated heterocycles. The number of rotatable bonds is 8. The van der Waals surface area contributed by atoms with Crippen molar-refractivity contribution in [2.75, 3.05) is 13.2 Å². The van der Waals surface area contributed by atoms with Gasteiger partial charge in [0.05, 0.1) is 30.3 Å². The van der Waals surface area contributed by atoms with Crippen LogP contribution in [0.15, 0.2) is 48.7 Å². The lowest BCUT2D eigenvalue weighted by Gasteiger charge is -2.29. The fourth-order valence-electron chi connectivity index (χ4n) is 4.57. The standard InChI is InChI=1S/C27H30F2N4O2/c1-17(31-26(34)25-13-30-32-18(25)2)20-5-3-19(4-6-20)14-33-10-9-21-11-24(8-7-22(21)15-33)35-16-23-12-27(23,28)29/h3-8,11,13,17,23H,9-10,12,14-16H2,1-2H3,(H,30,32)(H,31,34)/t17-,23?/m0/s1. The highest BCUT2D eigenvalue weighted by Gasteiger charge is 2.57. The molecule has 0 bridgehead atoms. The second-order valence-electron chi connectivity index (χ2n) is 9.71. The van der Waals surface area contributed by atoms with Crippen LogP contribution in [0.25, 0.3) is 0 Å². The first-order chi connectivity index (χ1) is 16.8. The molecule has 2 aliphatic rings. The number of hydrogen-bond donors (Lipinski definition) is 2.